The standard InChI is InChI=1S/C11H5Cl3IN/c12-6-3-8(13)11(9(14)4-6)10-2-1-7(15)5-16-10/h1-5H. The molecule has 2 aromatic rings. The number of hydrogen-bond acceptors (Lipinski definition) is 1. The van der Waals surface area contributed by atoms with Gasteiger partial charge in [0.15, 0.2) is 0 Å². The second kappa shape index (κ2) is 5.08. The van der Waals surface area contributed by atoms with Crippen molar-refractivity contribution in [2.24, 2.45) is 0 Å². The van der Waals surface area contributed by atoms with Crippen molar-refractivity contribution in [1.82, 2.24) is 4.98 Å². The molecule has 0 atom stereocenters. The summed E-state index contributed by atoms with van der Waals surface area (Å²) < 4.78 is 1.06. The van der Waals surface area contributed by atoms with E-state index in [0.29, 0.717) is 20.6 Å². The van der Waals surface area contributed by atoms with Gasteiger partial charge in [-0.15, -0.1) is 0 Å². The molecule has 0 saturated heterocycles. The maximum atomic E-state index is 6.10. The Labute approximate surface area is 122 Å². The van der Waals surface area contributed by atoms with E-state index in [0.717, 1.165) is 9.26 Å². The van der Waals surface area contributed by atoms with Crippen molar-refractivity contribution < 1.29 is 0 Å². The summed E-state index contributed by atoms with van der Waals surface area (Å²) in [6.07, 6.45) is 1.76. The van der Waals surface area contributed by atoms with Gasteiger partial charge in [0.2, 0.25) is 0 Å². The van der Waals surface area contributed by atoms with Crippen molar-refractivity contribution >= 4 is 57.4 Å². The Bertz CT molecular complexity index is 502. The summed E-state index contributed by atoms with van der Waals surface area (Å²) in [7, 11) is 0. The average Bonchev–Trinajstić information content (AvgIpc) is 2.19. The van der Waals surface area contributed by atoms with Crippen molar-refractivity contribution in [2.45, 2.75) is 0 Å². The minimum atomic E-state index is 0.506. The minimum Gasteiger partial charge on any atom is -0.255 e. The first-order chi connectivity index (χ1) is 7.58. The predicted molar refractivity (Wildman–Crippen MR) is 77.4 cm³/mol. The summed E-state index contributed by atoms with van der Waals surface area (Å²) in [4.78, 5) is 4.28. The van der Waals surface area contributed by atoms with Gasteiger partial charge in [-0.1, -0.05) is 34.8 Å². The van der Waals surface area contributed by atoms with Crippen molar-refractivity contribution in [3.05, 3.63) is 49.1 Å². The van der Waals surface area contributed by atoms with Gasteiger partial charge in [-0.25, -0.2) is 0 Å². The number of hydrogen-bond donors (Lipinski definition) is 0. The van der Waals surface area contributed by atoms with Crippen LogP contribution < -0.4 is 0 Å². The molecule has 1 aromatic carbocycles. The Morgan fingerprint density at radius 1 is 1.00 bits per heavy atom. The quantitative estimate of drug-likeness (QED) is 0.607. The molecule has 0 saturated carbocycles. The maximum absolute atomic E-state index is 6.10. The summed E-state index contributed by atoms with van der Waals surface area (Å²) in [6.45, 7) is 0. The Morgan fingerprint density at radius 3 is 2.12 bits per heavy atom. The zero-order valence-corrected chi connectivity index (χ0v) is 12.3. The van der Waals surface area contributed by atoms with Crippen molar-refractivity contribution in [1.29, 1.82) is 0 Å². The van der Waals surface area contributed by atoms with Crippen molar-refractivity contribution in [3.8, 4) is 11.3 Å². The second-order valence-electron chi connectivity index (χ2n) is 3.11. The van der Waals surface area contributed by atoms with E-state index in [1.807, 2.05) is 12.1 Å². The Kier molecular flexibility index (Phi) is 3.95. The van der Waals surface area contributed by atoms with Crippen LogP contribution in [0.5, 0.6) is 0 Å². The van der Waals surface area contributed by atoms with Crippen molar-refractivity contribution in [2.75, 3.05) is 0 Å². The van der Waals surface area contributed by atoms with Gasteiger partial charge in [-0.05, 0) is 46.9 Å². The third-order valence-corrected chi connectivity index (χ3v) is 3.44. The van der Waals surface area contributed by atoms with Crippen LogP contribution >= 0.6 is 57.4 Å². The molecule has 0 spiro atoms. The van der Waals surface area contributed by atoms with E-state index in [9.17, 15) is 0 Å². The smallest absolute Gasteiger partial charge is 0.0732 e. The van der Waals surface area contributed by atoms with Crippen LogP contribution in [-0.2, 0) is 0 Å². The van der Waals surface area contributed by atoms with Crippen LogP contribution in [0, 0.1) is 3.57 Å². The normalized spacial score (nSPS) is 10.5. The SMILES string of the molecule is Clc1cc(Cl)c(-c2ccc(I)cn2)c(Cl)c1. The summed E-state index contributed by atoms with van der Waals surface area (Å²) in [5, 5.41) is 1.53. The van der Waals surface area contributed by atoms with Gasteiger partial charge in [-0.2, -0.15) is 0 Å². The Hall–Kier alpha value is -0.0300. The number of rotatable bonds is 1. The molecular weight excluding hydrogens is 379 g/mol. The van der Waals surface area contributed by atoms with Gasteiger partial charge in [0.05, 0.1) is 15.7 Å². The molecule has 0 aliphatic carbocycles. The van der Waals surface area contributed by atoms with Crippen LogP contribution in [0.3, 0.4) is 0 Å². The fourth-order valence-corrected chi connectivity index (χ4v) is 2.64. The van der Waals surface area contributed by atoms with E-state index in [2.05, 4.69) is 27.6 Å². The molecule has 0 aliphatic heterocycles. The number of halogens is 4. The fraction of sp³-hybridized carbons (Fsp3) is 0. The van der Waals surface area contributed by atoms with Gasteiger partial charge in [-0.3, -0.25) is 4.98 Å². The Morgan fingerprint density at radius 2 is 1.62 bits per heavy atom. The van der Waals surface area contributed by atoms with E-state index >= 15 is 0 Å². The molecule has 2 rings (SSSR count). The molecule has 1 aromatic heterocycles. The highest BCUT2D eigenvalue weighted by atomic mass is 127. The molecule has 0 unspecified atom stereocenters. The van der Waals surface area contributed by atoms with Crippen LogP contribution in [-0.4, -0.2) is 4.98 Å². The summed E-state index contributed by atoms with van der Waals surface area (Å²) in [5.41, 5.74) is 1.45. The highest BCUT2D eigenvalue weighted by molar-refractivity contribution is 14.1. The Balaban J connectivity index is 2.60. The molecule has 5 heteroatoms. The fourth-order valence-electron chi connectivity index (χ4n) is 1.31. The lowest BCUT2D eigenvalue weighted by Gasteiger charge is -2.07. The highest BCUT2D eigenvalue weighted by Gasteiger charge is 2.10. The van der Waals surface area contributed by atoms with Gasteiger partial charge in [0.25, 0.3) is 0 Å². The lowest BCUT2D eigenvalue weighted by atomic mass is 10.1. The number of nitrogens with zero attached hydrogens (tertiary/aromatic N) is 1. The zero-order valence-electron chi connectivity index (χ0n) is 7.85. The molecule has 82 valence electrons. The van der Waals surface area contributed by atoms with Crippen LogP contribution in [0.25, 0.3) is 11.3 Å². The first-order valence-electron chi connectivity index (χ1n) is 4.34. The van der Waals surface area contributed by atoms with Gasteiger partial charge in [0, 0.05) is 20.4 Å². The van der Waals surface area contributed by atoms with Crippen LogP contribution in [0.4, 0.5) is 0 Å². The third-order valence-electron chi connectivity index (χ3n) is 1.99. The summed E-state index contributed by atoms with van der Waals surface area (Å²) in [5.74, 6) is 0. The largest absolute Gasteiger partial charge is 0.255 e. The zero-order chi connectivity index (χ0) is 11.7. The lowest BCUT2D eigenvalue weighted by molar-refractivity contribution is 1.31. The van der Waals surface area contributed by atoms with Gasteiger partial charge < -0.3 is 0 Å². The van der Waals surface area contributed by atoms with E-state index < -0.39 is 0 Å². The maximum Gasteiger partial charge on any atom is 0.0732 e. The average molecular weight is 384 g/mol. The first kappa shape index (κ1) is 12.4. The van der Waals surface area contributed by atoms with E-state index in [1.165, 1.54) is 0 Å². The first-order valence-corrected chi connectivity index (χ1v) is 6.55. The molecule has 0 bridgehead atoms. The predicted octanol–water partition coefficient (Wildman–Crippen LogP) is 5.31. The second-order valence-corrected chi connectivity index (χ2v) is 5.60. The molecule has 1 heterocycles. The molecule has 0 amide bonds. The van der Waals surface area contributed by atoms with Gasteiger partial charge in [0.1, 0.15) is 0 Å². The number of benzene rings is 1. The van der Waals surface area contributed by atoms with Crippen molar-refractivity contribution in [3.63, 3.8) is 0 Å². The molecule has 0 fully saturated rings. The van der Waals surface area contributed by atoms with Crippen LogP contribution in [0.15, 0.2) is 30.5 Å². The van der Waals surface area contributed by atoms with Crippen LogP contribution in [0.2, 0.25) is 15.1 Å². The molecule has 16 heavy (non-hydrogen) atoms. The van der Waals surface area contributed by atoms with E-state index in [1.54, 1.807) is 18.3 Å². The van der Waals surface area contributed by atoms with Crippen LogP contribution in [0.1, 0.15) is 0 Å². The summed E-state index contributed by atoms with van der Waals surface area (Å²) >= 11 is 20.2. The topological polar surface area (TPSA) is 12.9 Å². The number of pyridine rings is 1. The molecule has 0 radical (unpaired) electrons. The molecule has 0 N–H and O–H groups in total. The lowest BCUT2D eigenvalue weighted by Crippen LogP contribution is -1.87. The molecule has 0 aliphatic rings. The minimum absolute atomic E-state index is 0.506. The summed E-state index contributed by atoms with van der Waals surface area (Å²) in [6, 6.07) is 7.14. The van der Waals surface area contributed by atoms with E-state index in [-0.39, 0.29) is 0 Å². The monoisotopic (exact) mass is 383 g/mol. The van der Waals surface area contributed by atoms with Gasteiger partial charge >= 0.3 is 0 Å². The molecule has 1 nitrogen and oxygen atoms in total. The third kappa shape index (κ3) is 2.62. The number of aromatic nitrogens is 1. The van der Waals surface area contributed by atoms with E-state index in [4.69, 9.17) is 34.8 Å². The molecular formula is C11H5Cl3IN. The highest BCUT2D eigenvalue weighted by Crippen LogP contribution is 2.36.